The van der Waals surface area contributed by atoms with E-state index in [0.29, 0.717) is 21.8 Å². The Bertz CT molecular complexity index is 1000. The van der Waals surface area contributed by atoms with Crippen LogP contribution in [0.3, 0.4) is 0 Å². The molecular formula is C20H15F3N2O3S. The molecule has 2 N–H and O–H groups in total. The van der Waals surface area contributed by atoms with Crippen molar-refractivity contribution in [3.05, 3.63) is 76.8 Å². The third-order valence-corrected chi connectivity index (χ3v) is 4.98. The molecule has 1 atom stereocenters. The number of halogens is 3. The van der Waals surface area contributed by atoms with Crippen molar-refractivity contribution in [3.8, 4) is 10.6 Å². The number of carboxylic acids is 1. The van der Waals surface area contributed by atoms with Gasteiger partial charge >= 0.3 is 12.1 Å². The smallest absolute Gasteiger partial charge is 0.416 e. The standard InChI is InChI=1S/C20H15F3N2O3S/c21-20(22,23)14-8-6-13(7-9-14)18-24-15(11-29-18)10-16(26)25-17(19(27)28)12-4-2-1-3-5-12/h1-9,11,17H,10H2,(H,25,26)(H,27,28)/t17-/m0/s1. The van der Waals surface area contributed by atoms with Gasteiger partial charge in [-0.15, -0.1) is 11.3 Å². The number of carboxylic acid groups (broad SMARTS) is 1. The summed E-state index contributed by atoms with van der Waals surface area (Å²) in [4.78, 5) is 28.0. The zero-order valence-corrected chi connectivity index (χ0v) is 15.6. The molecule has 9 heteroatoms. The second-order valence-electron chi connectivity index (χ2n) is 6.15. The number of carbonyl (C=O) groups is 2. The lowest BCUT2D eigenvalue weighted by Gasteiger charge is -2.14. The first-order valence-electron chi connectivity index (χ1n) is 8.43. The van der Waals surface area contributed by atoms with Crippen molar-refractivity contribution in [1.29, 1.82) is 0 Å². The highest BCUT2D eigenvalue weighted by Crippen LogP contribution is 2.31. The van der Waals surface area contributed by atoms with Crippen LogP contribution in [0.1, 0.15) is 22.9 Å². The first-order chi connectivity index (χ1) is 13.7. The number of alkyl halides is 3. The third-order valence-electron chi connectivity index (χ3n) is 4.04. The van der Waals surface area contributed by atoms with E-state index in [1.54, 1.807) is 35.7 Å². The van der Waals surface area contributed by atoms with Crippen LogP contribution in [0.5, 0.6) is 0 Å². The number of hydrogen-bond acceptors (Lipinski definition) is 4. The van der Waals surface area contributed by atoms with Crippen molar-refractivity contribution in [2.24, 2.45) is 0 Å². The number of carbonyl (C=O) groups excluding carboxylic acids is 1. The van der Waals surface area contributed by atoms with Gasteiger partial charge in [-0.1, -0.05) is 42.5 Å². The molecule has 1 aromatic heterocycles. The molecule has 1 amide bonds. The first kappa shape index (κ1) is 20.5. The molecule has 3 aromatic rings. The Morgan fingerprint density at radius 2 is 1.72 bits per heavy atom. The lowest BCUT2D eigenvalue weighted by Crippen LogP contribution is -2.34. The van der Waals surface area contributed by atoms with E-state index in [1.165, 1.54) is 23.5 Å². The average molecular weight is 420 g/mol. The molecule has 0 bridgehead atoms. The topological polar surface area (TPSA) is 79.3 Å². The highest BCUT2D eigenvalue weighted by molar-refractivity contribution is 7.13. The largest absolute Gasteiger partial charge is 0.479 e. The van der Waals surface area contributed by atoms with E-state index >= 15 is 0 Å². The summed E-state index contributed by atoms with van der Waals surface area (Å²) in [5.74, 6) is -1.71. The maximum atomic E-state index is 12.7. The Labute approximate surface area is 167 Å². The van der Waals surface area contributed by atoms with Crippen LogP contribution < -0.4 is 5.32 Å². The molecule has 0 unspecified atom stereocenters. The molecule has 0 fully saturated rings. The summed E-state index contributed by atoms with van der Waals surface area (Å²) in [7, 11) is 0. The number of benzene rings is 2. The Morgan fingerprint density at radius 3 is 2.31 bits per heavy atom. The second kappa shape index (κ2) is 8.44. The lowest BCUT2D eigenvalue weighted by atomic mass is 10.1. The molecule has 5 nitrogen and oxygen atoms in total. The number of nitrogens with one attached hydrogen (secondary N) is 1. The number of aromatic nitrogens is 1. The minimum atomic E-state index is -4.41. The van der Waals surface area contributed by atoms with Gasteiger partial charge in [0.15, 0.2) is 6.04 Å². The van der Waals surface area contributed by atoms with Crippen molar-refractivity contribution < 1.29 is 27.9 Å². The van der Waals surface area contributed by atoms with Gasteiger partial charge in [0.2, 0.25) is 5.91 Å². The average Bonchev–Trinajstić information content (AvgIpc) is 3.14. The normalized spacial score (nSPS) is 12.4. The van der Waals surface area contributed by atoms with Crippen LogP contribution in [-0.4, -0.2) is 22.0 Å². The highest BCUT2D eigenvalue weighted by atomic mass is 32.1. The summed E-state index contributed by atoms with van der Waals surface area (Å²) < 4.78 is 38.0. The Morgan fingerprint density at radius 1 is 1.07 bits per heavy atom. The summed E-state index contributed by atoms with van der Waals surface area (Å²) in [6.45, 7) is 0. The fourth-order valence-corrected chi connectivity index (χ4v) is 3.46. The van der Waals surface area contributed by atoms with Crippen molar-refractivity contribution in [2.75, 3.05) is 0 Å². The zero-order chi connectivity index (χ0) is 21.0. The van der Waals surface area contributed by atoms with Crippen LogP contribution >= 0.6 is 11.3 Å². The summed E-state index contributed by atoms with van der Waals surface area (Å²) in [5, 5.41) is 13.9. The van der Waals surface area contributed by atoms with Crippen molar-refractivity contribution in [2.45, 2.75) is 18.6 Å². The molecule has 0 aliphatic rings. The van der Waals surface area contributed by atoms with Crippen LogP contribution in [-0.2, 0) is 22.2 Å². The molecular weight excluding hydrogens is 405 g/mol. The second-order valence-corrected chi connectivity index (χ2v) is 7.00. The Hall–Kier alpha value is -3.20. The van der Waals surface area contributed by atoms with E-state index in [1.807, 2.05) is 0 Å². The summed E-state index contributed by atoms with van der Waals surface area (Å²) >= 11 is 1.19. The number of amides is 1. The van der Waals surface area contributed by atoms with Crippen molar-refractivity contribution in [1.82, 2.24) is 10.3 Å². The van der Waals surface area contributed by atoms with Gasteiger partial charge in [0.1, 0.15) is 5.01 Å². The molecule has 0 radical (unpaired) electrons. The summed E-state index contributed by atoms with van der Waals surface area (Å²) in [6, 6.07) is 11.7. The maximum Gasteiger partial charge on any atom is 0.416 e. The number of rotatable bonds is 6. The summed E-state index contributed by atoms with van der Waals surface area (Å²) in [5.41, 5.74) is 0.594. The molecule has 1 heterocycles. The Kier molecular flexibility index (Phi) is 5.97. The van der Waals surface area contributed by atoms with Crippen LogP contribution in [0.4, 0.5) is 13.2 Å². The number of thiazole rings is 1. The minimum Gasteiger partial charge on any atom is -0.479 e. The highest BCUT2D eigenvalue weighted by Gasteiger charge is 2.30. The summed E-state index contributed by atoms with van der Waals surface area (Å²) in [6.07, 6.45) is -4.56. The van der Waals surface area contributed by atoms with E-state index in [9.17, 15) is 27.9 Å². The van der Waals surface area contributed by atoms with Gasteiger partial charge < -0.3 is 10.4 Å². The quantitative estimate of drug-likeness (QED) is 0.623. The third kappa shape index (κ3) is 5.20. The van der Waals surface area contributed by atoms with E-state index in [0.717, 1.165) is 12.1 Å². The Balaban J connectivity index is 1.68. The predicted molar refractivity (Wildman–Crippen MR) is 101 cm³/mol. The fraction of sp³-hybridized carbons (Fsp3) is 0.150. The van der Waals surface area contributed by atoms with Crippen molar-refractivity contribution >= 4 is 23.2 Å². The van der Waals surface area contributed by atoms with Crippen LogP contribution in [0.2, 0.25) is 0 Å². The predicted octanol–water partition coefficient (Wildman–Crippen LogP) is 4.31. The van der Waals surface area contributed by atoms with Crippen LogP contribution in [0.15, 0.2) is 60.0 Å². The number of aliphatic carboxylic acids is 1. The van der Waals surface area contributed by atoms with Crippen LogP contribution in [0.25, 0.3) is 10.6 Å². The van der Waals surface area contributed by atoms with E-state index in [-0.39, 0.29) is 6.42 Å². The van der Waals surface area contributed by atoms with Gasteiger partial charge in [-0.05, 0) is 17.7 Å². The lowest BCUT2D eigenvalue weighted by molar-refractivity contribution is -0.142. The van der Waals surface area contributed by atoms with Gasteiger partial charge in [-0.2, -0.15) is 13.2 Å². The minimum absolute atomic E-state index is 0.145. The molecule has 0 aliphatic heterocycles. The van der Waals surface area contributed by atoms with Gasteiger partial charge in [-0.25, -0.2) is 9.78 Å². The van der Waals surface area contributed by atoms with E-state index in [2.05, 4.69) is 10.3 Å². The van der Waals surface area contributed by atoms with E-state index < -0.39 is 29.7 Å². The van der Waals surface area contributed by atoms with E-state index in [4.69, 9.17) is 0 Å². The SMILES string of the molecule is O=C(Cc1csc(-c2ccc(C(F)(F)F)cc2)n1)N[C@H](C(=O)O)c1ccccc1. The van der Waals surface area contributed by atoms with Gasteiger partial charge in [0.25, 0.3) is 0 Å². The maximum absolute atomic E-state index is 12.7. The number of nitrogens with zero attached hydrogens (tertiary/aromatic N) is 1. The molecule has 3 rings (SSSR count). The number of hydrogen-bond donors (Lipinski definition) is 2. The first-order valence-corrected chi connectivity index (χ1v) is 9.31. The monoisotopic (exact) mass is 420 g/mol. The molecule has 2 aromatic carbocycles. The van der Waals surface area contributed by atoms with Crippen LogP contribution in [0, 0.1) is 0 Å². The van der Waals surface area contributed by atoms with Gasteiger partial charge in [0, 0.05) is 10.9 Å². The zero-order valence-electron chi connectivity index (χ0n) is 14.8. The molecule has 0 spiro atoms. The molecule has 0 saturated carbocycles. The van der Waals surface area contributed by atoms with Gasteiger partial charge in [0.05, 0.1) is 17.7 Å². The molecule has 29 heavy (non-hydrogen) atoms. The van der Waals surface area contributed by atoms with Crippen molar-refractivity contribution in [3.63, 3.8) is 0 Å². The van der Waals surface area contributed by atoms with Gasteiger partial charge in [-0.3, -0.25) is 4.79 Å². The fourth-order valence-electron chi connectivity index (χ4n) is 2.63. The molecule has 0 saturated heterocycles. The molecule has 0 aliphatic carbocycles. The molecule has 150 valence electrons.